The number of rotatable bonds is 10. The van der Waals surface area contributed by atoms with Crippen LogP contribution in [0.2, 0.25) is 0 Å². The maximum absolute atomic E-state index is 15.0. The number of nitrogens with zero attached hydrogens (tertiary/aromatic N) is 2. The topological polar surface area (TPSA) is 104 Å². The Labute approximate surface area is 263 Å². The molecule has 4 N–H and O–H groups in total. The molecule has 0 radical (unpaired) electrons. The number of esters is 1. The van der Waals surface area contributed by atoms with Gasteiger partial charge in [0.2, 0.25) is 0 Å². The second-order valence-electron chi connectivity index (χ2n) is 11.9. The Balaban J connectivity index is 1.91. The number of nitrogen functional groups attached to an aromatic ring is 1. The smallest absolute Gasteiger partial charge is 0.419 e. The second-order valence-corrected chi connectivity index (χ2v) is 11.9. The summed E-state index contributed by atoms with van der Waals surface area (Å²) in [6.45, 7) is 6.16. The number of nitrogens with two attached hydrogens (primary N) is 2. The summed E-state index contributed by atoms with van der Waals surface area (Å²) in [6.07, 6.45) is -3.33. The number of carbonyl (C=O) groups is 2. The lowest BCUT2D eigenvalue weighted by atomic mass is 9.82. The first-order valence-electron chi connectivity index (χ1n) is 14.5. The van der Waals surface area contributed by atoms with E-state index in [0.717, 1.165) is 29.8 Å². The lowest BCUT2D eigenvalue weighted by molar-refractivity contribution is -0.189. The Hall–Kier alpha value is -4.71. The fraction of sp³-hybridized carbons (Fsp3) is 0.294. The van der Waals surface area contributed by atoms with Gasteiger partial charge in [-0.25, -0.2) is 13.6 Å². The maximum atomic E-state index is 15.0. The molecule has 46 heavy (non-hydrogen) atoms. The molecule has 3 aromatic carbocycles. The van der Waals surface area contributed by atoms with E-state index in [1.54, 1.807) is 12.3 Å². The number of ether oxygens (including phenoxy) is 1. The molecule has 0 aliphatic rings. The van der Waals surface area contributed by atoms with E-state index in [9.17, 15) is 27.2 Å². The molecule has 4 aromatic rings. The van der Waals surface area contributed by atoms with Crippen LogP contribution in [0.4, 0.5) is 27.6 Å². The van der Waals surface area contributed by atoms with Crippen LogP contribution in [-0.2, 0) is 11.3 Å². The lowest BCUT2D eigenvalue weighted by Gasteiger charge is -2.41. The molecule has 7 nitrogen and oxygen atoms in total. The summed E-state index contributed by atoms with van der Waals surface area (Å²) in [5, 5.41) is 0. The predicted molar refractivity (Wildman–Crippen MR) is 165 cm³/mol. The maximum Gasteiger partial charge on any atom is 0.491 e. The first-order chi connectivity index (χ1) is 21.6. The van der Waals surface area contributed by atoms with Crippen LogP contribution in [-0.4, -0.2) is 40.6 Å². The number of hydrogen-bond acceptors (Lipinski definition) is 5. The highest BCUT2D eigenvalue weighted by atomic mass is 19.4. The molecule has 1 heterocycles. The van der Waals surface area contributed by atoms with E-state index in [2.05, 4.69) is 4.74 Å². The number of anilines is 1. The van der Waals surface area contributed by atoms with Gasteiger partial charge in [0.1, 0.15) is 17.4 Å². The van der Waals surface area contributed by atoms with Crippen molar-refractivity contribution in [3.05, 3.63) is 107 Å². The van der Waals surface area contributed by atoms with E-state index in [4.69, 9.17) is 11.5 Å². The first kappa shape index (κ1) is 34.2. The van der Waals surface area contributed by atoms with Crippen LogP contribution in [0.5, 0.6) is 5.75 Å². The molecule has 0 fully saturated rings. The van der Waals surface area contributed by atoms with Gasteiger partial charge < -0.3 is 25.7 Å². The number of carbonyl (C=O) groups excluding carboxylic acids is 2. The van der Waals surface area contributed by atoms with Crippen LogP contribution in [0.3, 0.4) is 0 Å². The second kappa shape index (κ2) is 13.7. The first-order valence-corrected chi connectivity index (χ1v) is 14.5. The molecule has 0 bridgehead atoms. The third-order valence-corrected chi connectivity index (χ3v) is 7.31. The average molecular weight is 643 g/mol. The van der Waals surface area contributed by atoms with Crippen LogP contribution in [0, 0.1) is 17.0 Å². The fourth-order valence-corrected chi connectivity index (χ4v) is 5.33. The number of benzene rings is 3. The molecule has 12 heteroatoms. The largest absolute Gasteiger partial charge is 0.491 e. The summed E-state index contributed by atoms with van der Waals surface area (Å²) in [4.78, 5) is 27.6. The highest BCUT2D eigenvalue weighted by Crippen LogP contribution is 2.42. The minimum Gasteiger partial charge on any atom is -0.419 e. The van der Waals surface area contributed by atoms with E-state index in [1.165, 1.54) is 17.0 Å². The van der Waals surface area contributed by atoms with Crippen LogP contribution < -0.4 is 16.2 Å². The van der Waals surface area contributed by atoms with Crippen molar-refractivity contribution < 1.29 is 36.3 Å². The van der Waals surface area contributed by atoms with E-state index < -0.39 is 46.9 Å². The minimum absolute atomic E-state index is 0.0143. The Kier molecular flexibility index (Phi) is 10.2. The molecule has 0 unspecified atom stereocenters. The minimum atomic E-state index is -5.32. The number of alkyl halides is 3. The van der Waals surface area contributed by atoms with E-state index in [-0.39, 0.29) is 29.9 Å². The number of halogens is 5. The SMILES string of the molecule is CC(C)(C)[C@H](c1cc(-c2cc(F)ccc2F)cn1Cc1ccccc1)N(CCCN)C(=O)c1ccc(N)cc1OC(=O)C(F)(F)F. The van der Waals surface area contributed by atoms with Crippen LogP contribution >= 0.6 is 0 Å². The van der Waals surface area contributed by atoms with Gasteiger partial charge in [0, 0.05) is 47.9 Å². The molecule has 4 rings (SSSR count). The monoisotopic (exact) mass is 642 g/mol. The van der Waals surface area contributed by atoms with Gasteiger partial charge in [0.05, 0.1) is 11.6 Å². The Morgan fingerprint density at radius 1 is 0.957 bits per heavy atom. The molecule has 0 saturated carbocycles. The van der Waals surface area contributed by atoms with Gasteiger partial charge >= 0.3 is 12.1 Å². The summed E-state index contributed by atoms with van der Waals surface area (Å²) in [7, 11) is 0. The third-order valence-electron chi connectivity index (χ3n) is 7.31. The zero-order valence-corrected chi connectivity index (χ0v) is 25.6. The van der Waals surface area contributed by atoms with Crippen LogP contribution in [0.25, 0.3) is 11.1 Å². The molecule has 1 aromatic heterocycles. The van der Waals surface area contributed by atoms with Crippen molar-refractivity contribution >= 4 is 17.6 Å². The summed E-state index contributed by atoms with van der Waals surface area (Å²) < 4.78 is 75.2. The zero-order valence-electron chi connectivity index (χ0n) is 25.6. The standard InChI is InChI=1S/C34H35F5N4O3/c1-33(2,3)30(43(15-7-14-40)31(44)25-12-11-24(41)18-29(25)46-32(45)34(37,38)39)28-16-22(26-17-23(35)10-13-27(26)36)20-42(28)19-21-8-5-4-6-9-21/h4-6,8-13,16-18,20,30H,7,14-15,19,40-41H2,1-3H3/t30-/m0/s1. The molecule has 0 spiro atoms. The summed E-state index contributed by atoms with van der Waals surface area (Å²) >= 11 is 0. The third kappa shape index (κ3) is 7.92. The summed E-state index contributed by atoms with van der Waals surface area (Å²) in [5.74, 6) is -5.19. The highest BCUT2D eigenvalue weighted by molar-refractivity contribution is 5.98. The van der Waals surface area contributed by atoms with Gasteiger partial charge in [-0.3, -0.25) is 4.79 Å². The Bertz CT molecular complexity index is 1700. The van der Waals surface area contributed by atoms with E-state index in [1.807, 2.05) is 55.7 Å². The van der Waals surface area contributed by atoms with Gasteiger partial charge in [0.25, 0.3) is 5.91 Å². The quantitative estimate of drug-likeness (QED) is 0.0831. The molecule has 0 saturated heterocycles. The lowest BCUT2D eigenvalue weighted by Crippen LogP contribution is -2.43. The van der Waals surface area contributed by atoms with Crippen molar-refractivity contribution in [3.63, 3.8) is 0 Å². The molecular weight excluding hydrogens is 607 g/mol. The fourth-order valence-electron chi connectivity index (χ4n) is 5.33. The molecule has 0 aliphatic carbocycles. The van der Waals surface area contributed by atoms with Gasteiger partial charge in [-0.05, 0) is 60.3 Å². The highest BCUT2D eigenvalue weighted by Gasteiger charge is 2.43. The number of aromatic nitrogens is 1. The Morgan fingerprint density at radius 3 is 2.28 bits per heavy atom. The van der Waals surface area contributed by atoms with Gasteiger partial charge in [-0.15, -0.1) is 0 Å². The summed E-state index contributed by atoms with van der Waals surface area (Å²) in [5.41, 5.74) is 12.4. The van der Waals surface area contributed by atoms with Crippen molar-refractivity contribution in [2.45, 2.75) is 46.0 Å². The Morgan fingerprint density at radius 2 is 1.65 bits per heavy atom. The zero-order chi connectivity index (χ0) is 33.8. The van der Waals surface area contributed by atoms with Crippen molar-refractivity contribution in [2.75, 3.05) is 18.8 Å². The van der Waals surface area contributed by atoms with Crippen LogP contribution in [0.15, 0.2) is 79.0 Å². The van der Waals surface area contributed by atoms with Crippen molar-refractivity contribution in [2.24, 2.45) is 11.1 Å². The molecular formula is C34H35F5N4O3. The summed E-state index contributed by atoms with van der Waals surface area (Å²) in [6, 6.07) is 16.9. The van der Waals surface area contributed by atoms with Crippen molar-refractivity contribution in [1.29, 1.82) is 0 Å². The van der Waals surface area contributed by atoms with Crippen molar-refractivity contribution in [1.82, 2.24) is 9.47 Å². The molecule has 1 amide bonds. The number of amides is 1. The van der Waals surface area contributed by atoms with Crippen LogP contribution in [0.1, 0.15) is 54.8 Å². The number of hydrogen-bond donors (Lipinski definition) is 2. The average Bonchev–Trinajstić information content (AvgIpc) is 3.37. The van der Waals surface area contributed by atoms with Gasteiger partial charge in [-0.2, -0.15) is 13.2 Å². The van der Waals surface area contributed by atoms with E-state index in [0.29, 0.717) is 24.2 Å². The van der Waals surface area contributed by atoms with Crippen molar-refractivity contribution in [3.8, 4) is 16.9 Å². The van der Waals surface area contributed by atoms with Gasteiger partial charge in [-0.1, -0.05) is 51.1 Å². The molecule has 1 atom stereocenters. The van der Waals surface area contributed by atoms with E-state index >= 15 is 4.39 Å². The molecule has 0 aliphatic heterocycles. The predicted octanol–water partition coefficient (Wildman–Crippen LogP) is 7.11. The van der Waals surface area contributed by atoms with Gasteiger partial charge in [0.15, 0.2) is 0 Å². The molecule has 244 valence electrons. The normalized spacial score (nSPS) is 12.5.